The predicted molar refractivity (Wildman–Crippen MR) is 80.5 cm³/mol. The quantitative estimate of drug-likeness (QED) is 0.781. The Morgan fingerprint density at radius 3 is 2.62 bits per heavy atom. The van der Waals surface area contributed by atoms with Gasteiger partial charge < -0.3 is 9.52 Å². The van der Waals surface area contributed by atoms with Gasteiger partial charge >= 0.3 is 5.97 Å². The summed E-state index contributed by atoms with van der Waals surface area (Å²) in [6.07, 6.45) is 0. The van der Waals surface area contributed by atoms with Crippen LogP contribution in [-0.2, 0) is 4.79 Å². The van der Waals surface area contributed by atoms with Gasteiger partial charge in [-0.1, -0.05) is 23.7 Å². The minimum absolute atomic E-state index is 0.451. The third kappa shape index (κ3) is 2.50. The monoisotopic (exact) mass is 301 g/mol. The molecule has 1 atom stereocenters. The molecule has 5 heteroatoms. The summed E-state index contributed by atoms with van der Waals surface area (Å²) in [6.45, 7) is 1.63. The van der Waals surface area contributed by atoms with Crippen LogP contribution in [0.5, 0.6) is 0 Å². The van der Waals surface area contributed by atoms with Crippen LogP contribution in [0.25, 0.3) is 22.6 Å². The molecule has 0 unspecified atom stereocenters. The van der Waals surface area contributed by atoms with Crippen molar-refractivity contribution in [2.75, 3.05) is 0 Å². The Morgan fingerprint density at radius 1 is 1.24 bits per heavy atom. The van der Waals surface area contributed by atoms with E-state index in [4.69, 9.17) is 16.0 Å². The highest BCUT2D eigenvalue weighted by Crippen LogP contribution is 2.30. The highest BCUT2D eigenvalue weighted by Gasteiger charge is 2.20. The molecule has 1 N–H and O–H groups in total. The van der Waals surface area contributed by atoms with Crippen molar-refractivity contribution in [1.29, 1.82) is 0 Å². The standard InChI is InChI=1S/C16H12ClNO3/c1-9(16(19)20)12-3-2-4-13-14(12)21-15(18-13)10-5-7-11(17)8-6-10/h2-9H,1H3,(H,19,20)/t9-/m1/s1. The van der Waals surface area contributed by atoms with Gasteiger partial charge in [-0.3, -0.25) is 4.79 Å². The molecule has 0 aliphatic heterocycles. The van der Waals surface area contributed by atoms with Crippen LogP contribution in [-0.4, -0.2) is 16.1 Å². The third-order valence-electron chi connectivity index (χ3n) is 3.37. The van der Waals surface area contributed by atoms with E-state index in [9.17, 15) is 9.90 Å². The van der Waals surface area contributed by atoms with Gasteiger partial charge in [-0.05, 0) is 37.3 Å². The van der Waals surface area contributed by atoms with Crippen LogP contribution >= 0.6 is 11.6 Å². The van der Waals surface area contributed by atoms with Crippen molar-refractivity contribution >= 4 is 28.7 Å². The average molecular weight is 302 g/mol. The van der Waals surface area contributed by atoms with E-state index < -0.39 is 11.9 Å². The first-order chi connectivity index (χ1) is 10.1. The van der Waals surface area contributed by atoms with Crippen molar-refractivity contribution in [2.45, 2.75) is 12.8 Å². The lowest BCUT2D eigenvalue weighted by atomic mass is 10.0. The van der Waals surface area contributed by atoms with Gasteiger partial charge in [0.15, 0.2) is 5.58 Å². The molecule has 0 radical (unpaired) electrons. The number of para-hydroxylation sites is 1. The number of carboxylic acids is 1. The van der Waals surface area contributed by atoms with Gasteiger partial charge in [-0.25, -0.2) is 4.98 Å². The van der Waals surface area contributed by atoms with Gasteiger partial charge in [-0.15, -0.1) is 0 Å². The molecule has 21 heavy (non-hydrogen) atoms. The Kier molecular flexibility index (Phi) is 3.39. The maximum absolute atomic E-state index is 11.2. The summed E-state index contributed by atoms with van der Waals surface area (Å²) < 4.78 is 5.78. The molecule has 106 valence electrons. The van der Waals surface area contributed by atoms with E-state index in [1.807, 2.05) is 12.1 Å². The largest absolute Gasteiger partial charge is 0.481 e. The number of aromatic nitrogens is 1. The Hall–Kier alpha value is -2.33. The minimum Gasteiger partial charge on any atom is -0.481 e. The molecule has 0 fully saturated rings. The zero-order valence-electron chi connectivity index (χ0n) is 11.2. The maximum Gasteiger partial charge on any atom is 0.310 e. The molecule has 3 rings (SSSR count). The summed E-state index contributed by atoms with van der Waals surface area (Å²) in [7, 11) is 0. The first kappa shape index (κ1) is 13.6. The van der Waals surface area contributed by atoms with Crippen LogP contribution in [0, 0.1) is 0 Å². The molecule has 0 aliphatic rings. The average Bonchev–Trinajstić information content (AvgIpc) is 2.90. The number of aliphatic carboxylic acids is 1. The van der Waals surface area contributed by atoms with Crippen molar-refractivity contribution in [3.63, 3.8) is 0 Å². The fourth-order valence-corrected chi connectivity index (χ4v) is 2.29. The molecule has 0 amide bonds. The SMILES string of the molecule is C[C@@H](C(=O)O)c1cccc2nc(-c3ccc(Cl)cc3)oc12. The van der Waals surface area contributed by atoms with E-state index in [2.05, 4.69) is 4.98 Å². The van der Waals surface area contributed by atoms with Crippen LogP contribution in [0.4, 0.5) is 0 Å². The number of hydrogen-bond acceptors (Lipinski definition) is 3. The Balaban J connectivity index is 2.14. The lowest BCUT2D eigenvalue weighted by Crippen LogP contribution is -2.07. The summed E-state index contributed by atoms with van der Waals surface area (Å²) in [5.41, 5.74) is 2.57. The van der Waals surface area contributed by atoms with Gasteiger partial charge in [0.1, 0.15) is 5.52 Å². The maximum atomic E-state index is 11.2. The second-order valence-electron chi connectivity index (χ2n) is 4.78. The molecule has 1 heterocycles. The van der Waals surface area contributed by atoms with Crippen LogP contribution in [0.1, 0.15) is 18.4 Å². The molecule has 3 aromatic rings. The minimum atomic E-state index is -0.896. The summed E-state index contributed by atoms with van der Waals surface area (Å²) >= 11 is 5.86. The van der Waals surface area contributed by atoms with Crippen molar-refractivity contribution in [2.24, 2.45) is 0 Å². The van der Waals surface area contributed by atoms with Gasteiger partial charge in [-0.2, -0.15) is 0 Å². The predicted octanol–water partition coefficient (Wildman–Crippen LogP) is 4.34. The fourth-order valence-electron chi connectivity index (χ4n) is 2.16. The summed E-state index contributed by atoms with van der Waals surface area (Å²) in [5.74, 6) is -1.10. The second kappa shape index (κ2) is 5.22. The van der Waals surface area contributed by atoms with Gasteiger partial charge in [0.25, 0.3) is 0 Å². The van der Waals surface area contributed by atoms with Gasteiger partial charge in [0, 0.05) is 16.1 Å². The van der Waals surface area contributed by atoms with Crippen LogP contribution in [0.2, 0.25) is 5.02 Å². The van der Waals surface area contributed by atoms with Crippen molar-refractivity contribution in [3.05, 3.63) is 53.1 Å². The first-order valence-corrected chi connectivity index (χ1v) is 6.82. The lowest BCUT2D eigenvalue weighted by Gasteiger charge is -2.05. The zero-order valence-corrected chi connectivity index (χ0v) is 12.0. The van der Waals surface area contributed by atoms with Gasteiger partial charge in [0.05, 0.1) is 5.92 Å². The fraction of sp³-hybridized carbons (Fsp3) is 0.125. The number of hydrogen-bond donors (Lipinski definition) is 1. The Labute approximate surface area is 126 Å². The normalized spacial score (nSPS) is 12.5. The highest BCUT2D eigenvalue weighted by molar-refractivity contribution is 6.30. The summed E-state index contributed by atoms with van der Waals surface area (Å²) in [5, 5.41) is 9.81. The molecule has 0 saturated carbocycles. The van der Waals surface area contributed by atoms with Crippen molar-refractivity contribution in [3.8, 4) is 11.5 Å². The molecular formula is C16H12ClNO3. The van der Waals surface area contributed by atoms with Crippen LogP contribution in [0.3, 0.4) is 0 Å². The third-order valence-corrected chi connectivity index (χ3v) is 3.63. The smallest absolute Gasteiger partial charge is 0.310 e. The zero-order chi connectivity index (χ0) is 15.0. The number of carboxylic acid groups (broad SMARTS) is 1. The molecule has 0 aliphatic carbocycles. The number of nitrogens with zero attached hydrogens (tertiary/aromatic N) is 1. The topological polar surface area (TPSA) is 63.3 Å². The molecular weight excluding hydrogens is 290 g/mol. The second-order valence-corrected chi connectivity index (χ2v) is 5.22. The number of oxazole rings is 1. The molecule has 0 spiro atoms. The molecule has 0 saturated heterocycles. The van der Waals surface area contributed by atoms with E-state index in [-0.39, 0.29) is 0 Å². The Bertz CT molecular complexity index is 808. The highest BCUT2D eigenvalue weighted by atomic mass is 35.5. The van der Waals surface area contributed by atoms with Crippen molar-refractivity contribution in [1.82, 2.24) is 4.98 Å². The number of rotatable bonds is 3. The molecule has 4 nitrogen and oxygen atoms in total. The summed E-state index contributed by atoms with van der Waals surface area (Å²) in [6, 6.07) is 12.5. The van der Waals surface area contributed by atoms with E-state index >= 15 is 0 Å². The van der Waals surface area contributed by atoms with E-state index in [0.717, 1.165) is 5.56 Å². The van der Waals surface area contributed by atoms with E-state index in [1.165, 1.54) is 0 Å². The van der Waals surface area contributed by atoms with Gasteiger partial charge in [0.2, 0.25) is 5.89 Å². The molecule has 1 aromatic heterocycles. The van der Waals surface area contributed by atoms with Crippen molar-refractivity contribution < 1.29 is 14.3 Å². The number of fused-ring (bicyclic) bond motifs is 1. The lowest BCUT2D eigenvalue weighted by molar-refractivity contribution is -0.138. The molecule has 2 aromatic carbocycles. The van der Waals surface area contributed by atoms with Crippen LogP contribution < -0.4 is 0 Å². The van der Waals surface area contributed by atoms with E-state index in [1.54, 1.807) is 37.3 Å². The van der Waals surface area contributed by atoms with E-state index in [0.29, 0.717) is 27.6 Å². The molecule has 0 bridgehead atoms. The summed E-state index contributed by atoms with van der Waals surface area (Å²) in [4.78, 5) is 15.6. The number of halogens is 1. The van der Waals surface area contributed by atoms with Crippen LogP contribution in [0.15, 0.2) is 46.9 Å². The number of benzene rings is 2. The number of carbonyl (C=O) groups is 1. The Morgan fingerprint density at radius 2 is 1.95 bits per heavy atom. The first-order valence-electron chi connectivity index (χ1n) is 6.44.